The second-order valence-corrected chi connectivity index (χ2v) is 6.72. The van der Waals surface area contributed by atoms with Gasteiger partial charge in [-0.2, -0.15) is 0 Å². The van der Waals surface area contributed by atoms with Crippen molar-refractivity contribution < 1.29 is 8.42 Å². The van der Waals surface area contributed by atoms with Gasteiger partial charge in [0.1, 0.15) is 0 Å². The Labute approximate surface area is 114 Å². The van der Waals surface area contributed by atoms with Crippen molar-refractivity contribution in [1.82, 2.24) is 4.98 Å². The summed E-state index contributed by atoms with van der Waals surface area (Å²) < 4.78 is 24.8. The highest BCUT2D eigenvalue weighted by Crippen LogP contribution is 2.20. The molecule has 2 aromatic rings. The third kappa shape index (κ3) is 3.01. The second kappa shape index (κ2) is 5.13. The van der Waals surface area contributed by atoms with Crippen LogP contribution >= 0.6 is 0 Å². The Hall–Kier alpha value is -1.68. The lowest BCUT2D eigenvalue weighted by atomic mass is 10.1. The van der Waals surface area contributed by atoms with E-state index >= 15 is 0 Å². The molecule has 0 saturated heterocycles. The zero-order chi connectivity index (χ0) is 14.0. The van der Waals surface area contributed by atoms with Crippen LogP contribution in [0.3, 0.4) is 0 Å². The van der Waals surface area contributed by atoms with E-state index < -0.39 is 9.84 Å². The van der Waals surface area contributed by atoms with Crippen LogP contribution < -0.4 is 0 Å². The van der Waals surface area contributed by atoms with E-state index in [1.807, 2.05) is 32.0 Å². The molecule has 19 heavy (non-hydrogen) atoms. The van der Waals surface area contributed by atoms with E-state index in [2.05, 4.69) is 4.98 Å². The fraction of sp³-hybridized carbons (Fsp3) is 0.267. The van der Waals surface area contributed by atoms with Gasteiger partial charge in [-0.3, -0.25) is 0 Å². The molecule has 0 fully saturated rings. The second-order valence-electron chi connectivity index (χ2n) is 4.81. The number of rotatable bonds is 3. The predicted molar refractivity (Wildman–Crippen MR) is 75.8 cm³/mol. The van der Waals surface area contributed by atoms with Gasteiger partial charge in [0.25, 0.3) is 0 Å². The smallest absolute Gasteiger partial charge is 0.200 e. The third-order valence-electron chi connectivity index (χ3n) is 3.10. The molecule has 100 valence electrons. The molecule has 0 aliphatic heterocycles. The van der Waals surface area contributed by atoms with Crippen LogP contribution in [0, 0.1) is 20.8 Å². The molecule has 1 aromatic carbocycles. The van der Waals surface area contributed by atoms with Crippen LogP contribution in [0.4, 0.5) is 0 Å². The number of aromatic nitrogens is 1. The highest BCUT2D eigenvalue weighted by Gasteiger charge is 2.19. The lowest BCUT2D eigenvalue weighted by Crippen LogP contribution is -2.09. The van der Waals surface area contributed by atoms with Crippen LogP contribution in [-0.4, -0.2) is 13.4 Å². The molecule has 1 heterocycles. The van der Waals surface area contributed by atoms with Gasteiger partial charge in [-0.05, 0) is 43.5 Å². The topological polar surface area (TPSA) is 47.0 Å². The summed E-state index contributed by atoms with van der Waals surface area (Å²) in [5, 5.41) is 0.176. The van der Waals surface area contributed by atoms with Gasteiger partial charge < -0.3 is 0 Å². The van der Waals surface area contributed by atoms with Crippen LogP contribution in [0.2, 0.25) is 0 Å². The minimum atomic E-state index is -3.39. The molecule has 0 aliphatic carbocycles. The zero-order valence-corrected chi connectivity index (χ0v) is 12.2. The average molecular weight is 275 g/mol. The first kappa shape index (κ1) is 13.7. The van der Waals surface area contributed by atoms with E-state index in [4.69, 9.17) is 0 Å². The Morgan fingerprint density at radius 1 is 1.05 bits per heavy atom. The fourth-order valence-electron chi connectivity index (χ4n) is 2.08. The van der Waals surface area contributed by atoms with Crippen LogP contribution in [0.25, 0.3) is 0 Å². The third-order valence-corrected chi connectivity index (χ3v) is 4.81. The van der Waals surface area contributed by atoms with Crippen LogP contribution in [0.5, 0.6) is 0 Å². The summed E-state index contributed by atoms with van der Waals surface area (Å²) in [6.07, 6.45) is 1.52. The van der Waals surface area contributed by atoms with Crippen molar-refractivity contribution in [1.29, 1.82) is 0 Å². The minimum absolute atomic E-state index is 0.00301. The lowest BCUT2D eigenvalue weighted by Gasteiger charge is -2.09. The Balaban J connectivity index is 2.40. The summed E-state index contributed by atoms with van der Waals surface area (Å²) in [6, 6.07) is 9.31. The Morgan fingerprint density at radius 3 is 2.42 bits per heavy atom. The number of benzene rings is 1. The monoisotopic (exact) mass is 275 g/mol. The van der Waals surface area contributed by atoms with Crippen molar-refractivity contribution >= 4 is 9.84 Å². The largest absolute Gasteiger partial charge is 0.244 e. The molecule has 3 nitrogen and oxygen atoms in total. The number of hydrogen-bond donors (Lipinski definition) is 0. The summed E-state index contributed by atoms with van der Waals surface area (Å²) in [4.78, 5) is 4.01. The van der Waals surface area contributed by atoms with Crippen molar-refractivity contribution in [2.45, 2.75) is 31.6 Å². The fourth-order valence-corrected chi connectivity index (χ4v) is 3.73. The molecule has 0 saturated carbocycles. The lowest BCUT2D eigenvalue weighted by molar-refractivity contribution is 0.590. The maximum atomic E-state index is 12.4. The van der Waals surface area contributed by atoms with E-state index in [1.165, 1.54) is 6.20 Å². The molecular weight excluding hydrogens is 258 g/mol. The predicted octanol–water partition coefficient (Wildman–Crippen LogP) is 2.98. The van der Waals surface area contributed by atoms with Crippen molar-refractivity contribution in [3.63, 3.8) is 0 Å². The highest BCUT2D eigenvalue weighted by molar-refractivity contribution is 7.90. The molecule has 0 radical (unpaired) electrons. The number of hydrogen-bond acceptors (Lipinski definition) is 3. The number of nitrogens with zero attached hydrogens (tertiary/aromatic N) is 1. The van der Waals surface area contributed by atoms with E-state index in [9.17, 15) is 8.42 Å². The summed E-state index contributed by atoms with van der Waals surface area (Å²) in [7, 11) is -3.39. The number of aryl methyl sites for hydroxylation is 3. The molecule has 0 bridgehead atoms. The highest BCUT2D eigenvalue weighted by atomic mass is 32.2. The first-order valence-corrected chi connectivity index (χ1v) is 7.76. The van der Waals surface area contributed by atoms with E-state index in [0.717, 1.165) is 16.7 Å². The van der Waals surface area contributed by atoms with Gasteiger partial charge in [0.15, 0.2) is 14.9 Å². The van der Waals surface area contributed by atoms with Crippen molar-refractivity contribution in [2.24, 2.45) is 0 Å². The molecule has 0 amide bonds. The van der Waals surface area contributed by atoms with Gasteiger partial charge in [0, 0.05) is 6.20 Å². The van der Waals surface area contributed by atoms with E-state index in [-0.39, 0.29) is 10.8 Å². The maximum absolute atomic E-state index is 12.4. The zero-order valence-electron chi connectivity index (χ0n) is 11.3. The van der Waals surface area contributed by atoms with Gasteiger partial charge in [0.05, 0.1) is 5.75 Å². The standard InChI is InChI=1S/C15H17NO2S/c1-11-6-7-14(13(3)9-11)10-19(17,18)15-12(2)5-4-8-16-15/h4-9H,10H2,1-3H3. The van der Waals surface area contributed by atoms with Crippen LogP contribution in [0.15, 0.2) is 41.6 Å². The molecule has 0 unspecified atom stereocenters. The summed E-state index contributed by atoms with van der Waals surface area (Å²) in [5.74, 6) is -0.00301. The van der Waals surface area contributed by atoms with E-state index in [0.29, 0.717) is 5.56 Å². The van der Waals surface area contributed by atoms with Gasteiger partial charge >= 0.3 is 0 Å². The van der Waals surface area contributed by atoms with Gasteiger partial charge in [-0.1, -0.05) is 29.8 Å². The molecule has 0 aliphatic rings. The van der Waals surface area contributed by atoms with Gasteiger partial charge in [-0.15, -0.1) is 0 Å². The summed E-state index contributed by atoms with van der Waals surface area (Å²) in [5.41, 5.74) is 3.65. The number of sulfone groups is 1. The first-order valence-electron chi connectivity index (χ1n) is 6.10. The maximum Gasteiger partial charge on any atom is 0.200 e. The number of pyridine rings is 1. The van der Waals surface area contributed by atoms with Gasteiger partial charge in [-0.25, -0.2) is 13.4 Å². The van der Waals surface area contributed by atoms with Crippen LogP contribution in [-0.2, 0) is 15.6 Å². The Morgan fingerprint density at radius 2 is 1.79 bits per heavy atom. The quantitative estimate of drug-likeness (QED) is 0.865. The molecular formula is C15H17NO2S. The molecule has 4 heteroatoms. The van der Waals surface area contributed by atoms with Crippen molar-refractivity contribution in [2.75, 3.05) is 0 Å². The van der Waals surface area contributed by atoms with Crippen LogP contribution in [0.1, 0.15) is 22.3 Å². The minimum Gasteiger partial charge on any atom is -0.244 e. The Bertz CT molecular complexity index is 706. The Kier molecular flexibility index (Phi) is 3.71. The van der Waals surface area contributed by atoms with Gasteiger partial charge in [0.2, 0.25) is 0 Å². The molecule has 0 N–H and O–H groups in total. The van der Waals surface area contributed by atoms with Crippen molar-refractivity contribution in [3.8, 4) is 0 Å². The van der Waals surface area contributed by atoms with Crippen molar-refractivity contribution in [3.05, 3.63) is 58.8 Å². The summed E-state index contributed by atoms with van der Waals surface area (Å²) in [6.45, 7) is 5.69. The SMILES string of the molecule is Cc1ccc(CS(=O)(=O)c2ncccc2C)c(C)c1. The summed E-state index contributed by atoms with van der Waals surface area (Å²) >= 11 is 0. The first-order chi connectivity index (χ1) is 8.90. The average Bonchev–Trinajstić information content (AvgIpc) is 2.33. The molecule has 1 aromatic heterocycles. The molecule has 0 spiro atoms. The molecule has 0 atom stereocenters. The van der Waals surface area contributed by atoms with E-state index in [1.54, 1.807) is 19.1 Å². The normalized spacial score (nSPS) is 11.5. The molecule has 2 rings (SSSR count).